The number of halogens is 3. The van der Waals surface area contributed by atoms with E-state index in [0.717, 1.165) is 6.54 Å². The molecule has 1 N–H and O–H groups in total. The monoisotopic (exact) mass is 341 g/mol. The third-order valence-corrected chi connectivity index (χ3v) is 5.01. The highest BCUT2D eigenvalue weighted by Crippen LogP contribution is 2.38. The average Bonchev–Trinajstić information content (AvgIpc) is 2.55. The molecule has 0 amide bonds. The molecule has 2 saturated heterocycles. The van der Waals surface area contributed by atoms with Gasteiger partial charge < -0.3 is 9.84 Å². The van der Waals surface area contributed by atoms with Crippen LogP contribution in [0.4, 0.5) is 13.2 Å². The van der Waals surface area contributed by atoms with Gasteiger partial charge in [0.05, 0.1) is 18.8 Å². The van der Waals surface area contributed by atoms with Crippen molar-refractivity contribution in [1.29, 1.82) is 0 Å². The highest BCUT2D eigenvalue weighted by atomic mass is 19.3. The van der Waals surface area contributed by atoms with Gasteiger partial charge in [0.2, 0.25) is 0 Å². The molecule has 0 saturated carbocycles. The lowest BCUT2D eigenvalue weighted by Gasteiger charge is -2.51. The summed E-state index contributed by atoms with van der Waals surface area (Å²) in [5, 5.41) is 10.8. The molecule has 24 heavy (non-hydrogen) atoms. The molecule has 3 nitrogen and oxygen atoms in total. The van der Waals surface area contributed by atoms with Gasteiger partial charge in [-0.15, -0.1) is 0 Å². The van der Waals surface area contributed by atoms with Crippen LogP contribution in [0.25, 0.3) is 0 Å². The van der Waals surface area contributed by atoms with Crippen LogP contribution in [0, 0.1) is 0 Å². The number of nitrogens with zero attached hydrogens (tertiary/aromatic N) is 1. The van der Waals surface area contributed by atoms with Crippen molar-refractivity contribution in [3.63, 3.8) is 0 Å². The van der Waals surface area contributed by atoms with E-state index >= 15 is 0 Å². The molecule has 0 aromatic heterocycles. The van der Waals surface area contributed by atoms with Crippen molar-refractivity contribution in [2.24, 2.45) is 0 Å². The number of fused-ring (bicyclic) bond motifs is 2. The molecule has 0 radical (unpaired) electrons. The fraction of sp³-hybridized carbons (Fsp3) is 0.556. The molecule has 1 aromatic rings. The van der Waals surface area contributed by atoms with Crippen molar-refractivity contribution >= 4 is 0 Å². The maximum absolute atomic E-state index is 13.1. The molecule has 2 aliphatic rings. The minimum absolute atomic E-state index is 0.0162. The van der Waals surface area contributed by atoms with E-state index in [1.807, 2.05) is 18.2 Å². The van der Waals surface area contributed by atoms with Crippen LogP contribution < -0.4 is 0 Å². The van der Waals surface area contributed by atoms with E-state index in [1.54, 1.807) is 0 Å². The van der Waals surface area contributed by atoms with E-state index in [-0.39, 0.29) is 18.5 Å². The minimum Gasteiger partial charge on any atom is -0.390 e. The van der Waals surface area contributed by atoms with Gasteiger partial charge in [0, 0.05) is 25.0 Å². The number of piperidine rings is 1. The first-order valence-corrected chi connectivity index (χ1v) is 8.26. The molecule has 0 aliphatic carbocycles. The normalized spacial score (nSPS) is 30.2. The first-order valence-electron chi connectivity index (χ1n) is 8.26. The second-order valence-electron chi connectivity index (χ2n) is 6.80. The van der Waals surface area contributed by atoms with Gasteiger partial charge in [0.25, 0.3) is 0 Å². The van der Waals surface area contributed by atoms with Crippen molar-refractivity contribution < 1.29 is 23.0 Å². The Bertz CT molecular complexity index is 575. The van der Waals surface area contributed by atoms with Crippen molar-refractivity contribution in [3.05, 3.63) is 47.8 Å². The molecular formula is C18H22F3NO2. The quantitative estimate of drug-likeness (QED) is 0.888. The zero-order chi connectivity index (χ0) is 17.2. The summed E-state index contributed by atoms with van der Waals surface area (Å²) >= 11 is 0. The van der Waals surface area contributed by atoms with Gasteiger partial charge in [-0.3, -0.25) is 4.90 Å². The number of rotatable bonds is 5. The van der Waals surface area contributed by atoms with Crippen LogP contribution in [0.15, 0.2) is 42.2 Å². The number of hydrogen-bond donors (Lipinski definition) is 1. The Balaban J connectivity index is 1.67. The zero-order valence-electron chi connectivity index (χ0n) is 13.4. The predicted octanol–water partition coefficient (Wildman–Crippen LogP) is 3.64. The van der Waals surface area contributed by atoms with Crippen molar-refractivity contribution in [2.75, 3.05) is 13.2 Å². The molecule has 2 bridgehead atoms. The summed E-state index contributed by atoms with van der Waals surface area (Å²) in [6, 6.07) is 10.1. The molecule has 2 unspecified atom stereocenters. The lowest BCUT2D eigenvalue weighted by Crippen LogP contribution is -2.61. The maximum atomic E-state index is 13.1. The Hall–Kier alpha value is -1.37. The topological polar surface area (TPSA) is 32.7 Å². The van der Waals surface area contributed by atoms with E-state index in [9.17, 15) is 18.3 Å². The van der Waals surface area contributed by atoms with Crippen LogP contribution >= 0.6 is 0 Å². The van der Waals surface area contributed by atoms with Gasteiger partial charge >= 0.3 is 6.08 Å². The first-order chi connectivity index (χ1) is 11.5. The molecule has 2 aliphatic heterocycles. The van der Waals surface area contributed by atoms with E-state index in [2.05, 4.69) is 17.0 Å². The average molecular weight is 341 g/mol. The van der Waals surface area contributed by atoms with Crippen LogP contribution in [0.2, 0.25) is 0 Å². The van der Waals surface area contributed by atoms with Crippen LogP contribution in [0.1, 0.15) is 31.2 Å². The van der Waals surface area contributed by atoms with Crippen LogP contribution in [-0.4, -0.2) is 40.9 Å². The first kappa shape index (κ1) is 17.5. The number of allylic oxidation sites excluding steroid dienone is 1. The fourth-order valence-corrected chi connectivity index (χ4v) is 3.84. The third kappa shape index (κ3) is 3.99. The summed E-state index contributed by atoms with van der Waals surface area (Å²) < 4.78 is 43.2. The molecular weight excluding hydrogens is 319 g/mol. The molecule has 1 aromatic carbocycles. The Morgan fingerprint density at radius 3 is 2.33 bits per heavy atom. The number of morpholine rings is 1. The number of ether oxygens (including phenoxy) is 1. The van der Waals surface area contributed by atoms with E-state index < -0.39 is 23.9 Å². The molecule has 132 valence electrons. The summed E-state index contributed by atoms with van der Waals surface area (Å²) in [6.45, 7) is 1.77. The third-order valence-electron chi connectivity index (χ3n) is 5.01. The standard InChI is InChI=1S/C18H22F3NO2/c19-16(17(20)21)6-7-18(23)8-14-11-24-12-15(9-18)22(14)10-13-4-2-1-3-5-13/h1-5,14-15,23H,6-12H2. The lowest BCUT2D eigenvalue weighted by atomic mass is 9.78. The van der Waals surface area contributed by atoms with Gasteiger partial charge in [0.15, 0.2) is 5.83 Å². The van der Waals surface area contributed by atoms with Crippen molar-refractivity contribution in [2.45, 2.75) is 49.9 Å². The molecule has 0 spiro atoms. The van der Waals surface area contributed by atoms with Gasteiger partial charge in [-0.1, -0.05) is 30.3 Å². The van der Waals surface area contributed by atoms with E-state index in [1.165, 1.54) is 5.56 Å². The smallest absolute Gasteiger partial charge is 0.301 e. The van der Waals surface area contributed by atoms with E-state index in [4.69, 9.17) is 4.74 Å². The van der Waals surface area contributed by atoms with Crippen LogP contribution in [0.3, 0.4) is 0 Å². The molecule has 3 rings (SSSR count). The second kappa shape index (κ2) is 7.25. The van der Waals surface area contributed by atoms with E-state index in [0.29, 0.717) is 26.1 Å². The summed E-state index contributed by atoms with van der Waals surface area (Å²) in [7, 11) is 0. The summed E-state index contributed by atoms with van der Waals surface area (Å²) in [5.74, 6) is -1.42. The van der Waals surface area contributed by atoms with Crippen LogP contribution in [0.5, 0.6) is 0 Å². The van der Waals surface area contributed by atoms with Crippen molar-refractivity contribution in [1.82, 2.24) is 4.90 Å². The second-order valence-corrected chi connectivity index (χ2v) is 6.80. The highest BCUT2D eigenvalue weighted by molar-refractivity contribution is 5.15. The molecule has 2 heterocycles. The molecule has 2 fully saturated rings. The Labute approximate surface area is 139 Å². The number of hydrogen-bond acceptors (Lipinski definition) is 3. The van der Waals surface area contributed by atoms with Gasteiger partial charge in [-0.25, -0.2) is 4.39 Å². The number of benzene rings is 1. The van der Waals surface area contributed by atoms with Gasteiger partial charge in [-0.05, 0) is 24.8 Å². The fourth-order valence-electron chi connectivity index (χ4n) is 3.84. The SMILES string of the molecule is OC1(CCC(F)=C(F)F)CC2COCC(C1)N2Cc1ccccc1. The lowest BCUT2D eigenvalue weighted by molar-refractivity contribution is -0.148. The summed E-state index contributed by atoms with van der Waals surface area (Å²) in [5.41, 5.74) is 0.0762. The van der Waals surface area contributed by atoms with Crippen molar-refractivity contribution in [3.8, 4) is 0 Å². The predicted molar refractivity (Wildman–Crippen MR) is 84.1 cm³/mol. The maximum Gasteiger partial charge on any atom is 0.301 e. The van der Waals surface area contributed by atoms with Gasteiger partial charge in [-0.2, -0.15) is 8.78 Å². The number of aliphatic hydroxyl groups is 1. The molecule has 6 heteroatoms. The Morgan fingerprint density at radius 1 is 1.12 bits per heavy atom. The summed E-state index contributed by atoms with van der Waals surface area (Å²) in [4.78, 5) is 2.31. The molecule has 2 atom stereocenters. The zero-order valence-corrected chi connectivity index (χ0v) is 13.4. The van der Waals surface area contributed by atoms with Gasteiger partial charge in [0.1, 0.15) is 0 Å². The Morgan fingerprint density at radius 2 is 1.75 bits per heavy atom. The largest absolute Gasteiger partial charge is 0.390 e. The summed E-state index contributed by atoms with van der Waals surface area (Å²) in [6.07, 6.45) is -1.86. The minimum atomic E-state index is -2.29. The highest BCUT2D eigenvalue weighted by Gasteiger charge is 2.45. The van der Waals surface area contributed by atoms with Crippen LogP contribution in [-0.2, 0) is 11.3 Å². The Kier molecular flexibility index (Phi) is 5.27.